The van der Waals surface area contributed by atoms with Gasteiger partial charge in [0.15, 0.2) is 9.84 Å². The predicted octanol–water partition coefficient (Wildman–Crippen LogP) is 3.60. The van der Waals surface area contributed by atoms with Crippen LogP contribution in [0, 0.1) is 0 Å². The molecule has 10 heteroatoms. The number of primary amides is 1. The minimum Gasteiger partial charge on any atom is -0.366 e. The van der Waals surface area contributed by atoms with E-state index in [0.717, 1.165) is 11.6 Å². The highest BCUT2D eigenvalue weighted by Crippen LogP contribution is 2.33. The Hall–Kier alpha value is -1.61. The van der Waals surface area contributed by atoms with Crippen molar-refractivity contribution >= 4 is 65.8 Å². The van der Waals surface area contributed by atoms with Crippen LogP contribution in [0.15, 0.2) is 39.8 Å². The maximum absolute atomic E-state index is 12.1. The number of sulfone groups is 1. The van der Waals surface area contributed by atoms with E-state index in [4.69, 9.17) is 28.9 Å². The van der Waals surface area contributed by atoms with Gasteiger partial charge in [0.2, 0.25) is 5.91 Å². The van der Waals surface area contributed by atoms with Crippen LogP contribution >= 0.6 is 39.1 Å². The van der Waals surface area contributed by atoms with Crippen molar-refractivity contribution in [3.8, 4) is 5.69 Å². The topological polar surface area (TPSA) is 95.1 Å². The molecule has 1 amide bonds. The second-order valence-electron chi connectivity index (χ2n) is 5.30. The number of aromatic nitrogens is 2. The molecule has 1 heterocycles. The molecule has 0 saturated carbocycles. The van der Waals surface area contributed by atoms with E-state index in [1.165, 1.54) is 16.8 Å². The van der Waals surface area contributed by atoms with E-state index in [-0.39, 0.29) is 15.5 Å². The normalized spacial score (nSPS) is 11.8. The summed E-state index contributed by atoms with van der Waals surface area (Å²) in [7, 11) is -3.71. The summed E-state index contributed by atoms with van der Waals surface area (Å²) in [5.41, 5.74) is 6.06. The first-order valence-corrected chi connectivity index (χ1v) is 10.2. The highest BCUT2D eigenvalue weighted by Gasteiger charge is 2.22. The van der Waals surface area contributed by atoms with Crippen molar-refractivity contribution in [2.75, 3.05) is 6.26 Å². The summed E-state index contributed by atoms with van der Waals surface area (Å²) >= 11 is 15.6. The monoisotopic (exact) mass is 461 g/mol. The summed E-state index contributed by atoms with van der Waals surface area (Å²) < 4.78 is 26.1. The maximum atomic E-state index is 12.1. The number of carbonyl (C=O) groups is 1. The van der Waals surface area contributed by atoms with Gasteiger partial charge in [-0.3, -0.25) is 4.79 Å². The summed E-state index contributed by atoms with van der Waals surface area (Å²) in [5, 5.41) is 5.72. The van der Waals surface area contributed by atoms with E-state index in [2.05, 4.69) is 21.0 Å². The fourth-order valence-electron chi connectivity index (χ4n) is 2.44. The number of amides is 1. The standard InChI is InChI=1S/C15H10BrCl2N3O3S/c1-25(23,24)13-6-12(10(18)5-9(13)15(19)22)21-11-3-2-7(17)4-8(11)14(16)20-21/h2-6H,1H3,(H2,19,22). The number of rotatable bonds is 3. The molecule has 2 N–H and O–H groups in total. The Balaban J connectivity index is 2.38. The van der Waals surface area contributed by atoms with Crippen LogP contribution in [0.3, 0.4) is 0 Å². The number of benzene rings is 2. The zero-order valence-corrected chi connectivity index (χ0v) is 16.5. The van der Waals surface area contributed by atoms with Crippen molar-refractivity contribution in [2.24, 2.45) is 5.73 Å². The maximum Gasteiger partial charge on any atom is 0.250 e. The summed E-state index contributed by atoms with van der Waals surface area (Å²) in [6.07, 6.45) is 0.989. The third-order valence-electron chi connectivity index (χ3n) is 3.54. The number of fused-ring (bicyclic) bond motifs is 1. The molecule has 0 fully saturated rings. The van der Waals surface area contributed by atoms with E-state index >= 15 is 0 Å². The van der Waals surface area contributed by atoms with Crippen LogP contribution in [-0.2, 0) is 9.84 Å². The average Bonchev–Trinajstić information content (AvgIpc) is 2.82. The fraction of sp³-hybridized carbons (Fsp3) is 0.0667. The van der Waals surface area contributed by atoms with Crippen LogP contribution < -0.4 is 5.73 Å². The van der Waals surface area contributed by atoms with Crippen LogP contribution in [0.4, 0.5) is 0 Å². The molecule has 0 spiro atoms. The molecule has 6 nitrogen and oxygen atoms in total. The first-order valence-electron chi connectivity index (χ1n) is 6.77. The third kappa shape index (κ3) is 3.27. The minimum atomic E-state index is -3.71. The largest absolute Gasteiger partial charge is 0.366 e. The SMILES string of the molecule is CS(=O)(=O)c1cc(-n2nc(Br)c3cc(Cl)ccc32)c(Cl)cc1C(N)=O. The second-order valence-corrected chi connectivity index (χ2v) is 8.88. The number of hydrogen-bond donors (Lipinski definition) is 1. The zero-order valence-electron chi connectivity index (χ0n) is 12.6. The first kappa shape index (κ1) is 18.2. The fourth-order valence-corrected chi connectivity index (χ4v) is 4.22. The molecular formula is C15H10BrCl2N3O3S. The van der Waals surface area contributed by atoms with Crippen molar-refractivity contribution < 1.29 is 13.2 Å². The lowest BCUT2D eigenvalue weighted by molar-refractivity contribution is 0.0997. The van der Waals surface area contributed by atoms with Gasteiger partial charge in [-0.15, -0.1) is 0 Å². The molecule has 0 aliphatic carbocycles. The van der Waals surface area contributed by atoms with Gasteiger partial charge in [0, 0.05) is 16.7 Å². The molecule has 0 aliphatic heterocycles. The smallest absolute Gasteiger partial charge is 0.250 e. The minimum absolute atomic E-state index is 0.132. The molecule has 1 aromatic heterocycles. The highest BCUT2D eigenvalue weighted by molar-refractivity contribution is 9.10. The Kier molecular flexibility index (Phi) is 4.57. The van der Waals surface area contributed by atoms with E-state index in [0.29, 0.717) is 20.8 Å². The van der Waals surface area contributed by atoms with Gasteiger partial charge in [-0.2, -0.15) is 5.10 Å². The molecular weight excluding hydrogens is 453 g/mol. The molecule has 0 bridgehead atoms. The van der Waals surface area contributed by atoms with E-state index in [1.807, 2.05) is 0 Å². The summed E-state index contributed by atoms with van der Waals surface area (Å²) in [4.78, 5) is 11.4. The Morgan fingerprint density at radius 2 is 1.92 bits per heavy atom. The van der Waals surface area contributed by atoms with Crippen LogP contribution in [0.25, 0.3) is 16.6 Å². The molecule has 0 radical (unpaired) electrons. The van der Waals surface area contributed by atoms with Gasteiger partial charge >= 0.3 is 0 Å². The molecule has 130 valence electrons. The van der Waals surface area contributed by atoms with Gasteiger partial charge in [0.05, 0.1) is 26.7 Å². The summed E-state index contributed by atoms with van der Waals surface area (Å²) in [6, 6.07) is 7.64. The van der Waals surface area contributed by atoms with Gasteiger partial charge in [0.25, 0.3) is 0 Å². The Morgan fingerprint density at radius 1 is 1.24 bits per heavy atom. The van der Waals surface area contributed by atoms with Crippen molar-refractivity contribution in [2.45, 2.75) is 4.90 Å². The van der Waals surface area contributed by atoms with Crippen molar-refractivity contribution in [1.29, 1.82) is 0 Å². The van der Waals surface area contributed by atoms with E-state index in [9.17, 15) is 13.2 Å². The van der Waals surface area contributed by atoms with E-state index in [1.54, 1.807) is 18.2 Å². The number of nitrogens with two attached hydrogens (primary N) is 1. The Bertz CT molecular complexity index is 1140. The van der Waals surface area contributed by atoms with Crippen LogP contribution in [0.2, 0.25) is 10.0 Å². The Morgan fingerprint density at radius 3 is 2.52 bits per heavy atom. The molecule has 2 aromatic carbocycles. The zero-order chi connectivity index (χ0) is 18.5. The molecule has 0 aliphatic rings. The second kappa shape index (κ2) is 6.28. The molecule has 0 saturated heterocycles. The number of hydrogen-bond acceptors (Lipinski definition) is 4. The van der Waals surface area contributed by atoms with Crippen LogP contribution in [-0.4, -0.2) is 30.4 Å². The molecule has 3 aromatic rings. The van der Waals surface area contributed by atoms with Crippen LogP contribution in [0.5, 0.6) is 0 Å². The summed E-state index contributed by atoms with van der Waals surface area (Å²) in [6.45, 7) is 0. The lowest BCUT2D eigenvalue weighted by Crippen LogP contribution is -2.17. The van der Waals surface area contributed by atoms with Gasteiger partial charge in [-0.25, -0.2) is 13.1 Å². The molecule has 3 rings (SSSR count). The lowest BCUT2D eigenvalue weighted by Gasteiger charge is -2.11. The number of halogens is 3. The number of nitrogens with zero attached hydrogens (tertiary/aromatic N) is 2. The van der Waals surface area contributed by atoms with Crippen molar-refractivity contribution in [3.63, 3.8) is 0 Å². The lowest BCUT2D eigenvalue weighted by atomic mass is 10.2. The van der Waals surface area contributed by atoms with Gasteiger partial charge in [0.1, 0.15) is 4.60 Å². The quantitative estimate of drug-likeness (QED) is 0.643. The molecule has 25 heavy (non-hydrogen) atoms. The van der Waals surface area contributed by atoms with Gasteiger partial charge in [-0.1, -0.05) is 23.2 Å². The first-order chi connectivity index (χ1) is 11.6. The van der Waals surface area contributed by atoms with Gasteiger partial charge in [-0.05, 0) is 46.3 Å². The van der Waals surface area contributed by atoms with Gasteiger partial charge < -0.3 is 5.73 Å². The Labute approximate surface area is 161 Å². The molecule has 0 unspecified atom stereocenters. The van der Waals surface area contributed by atoms with Crippen molar-refractivity contribution in [1.82, 2.24) is 9.78 Å². The molecule has 0 atom stereocenters. The average molecular weight is 463 g/mol. The third-order valence-corrected chi connectivity index (χ3v) is 5.80. The highest BCUT2D eigenvalue weighted by atomic mass is 79.9. The van der Waals surface area contributed by atoms with Crippen LogP contribution in [0.1, 0.15) is 10.4 Å². The number of carbonyl (C=O) groups excluding carboxylic acids is 1. The summed E-state index contributed by atoms with van der Waals surface area (Å²) in [5.74, 6) is -0.882. The van der Waals surface area contributed by atoms with Crippen molar-refractivity contribution in [3.05, 3.63) is 50.5 Å². The van der Waals surface area contributed by atoms with E-state index < -0.39 is 15.7 Å². The predicted molar refractivity (Wildman–Crippen MR) is 100 cm³/mol.